The molecule has 0 fully saturated rings. The highest BCUT2D eigenvalue weighted by atomic mass is 16.5. The molecule has 0 aliphatic rings. The summed E-state index contributed by atoms with van der Waals surface area (Å²) in [6.07, 6.45) is 0.211. The zero-order valence-electron chi connectivity index (χ0n) is 11.2. The van der Waals surface area contributed by atoms with Crippen LogP contribution in [0.5, 0.6) is 5.75 Å². The zero-order valence-corrected chi connectivity index (χ0v) is 11.2. The second-order valence-electron chi connectivity index (χ2n) is 5.13. The molecule has 0 amide bonds. The van der Waals surface area contributed by atoms with E-state index in [4.69, 9.17) is 4.74 Å². The minimum Gasteiger partial charge on any atom is -0.491 e. The Morgan fingerprint density at radius 2 is 1.31 bits per heavy atom. The lowest BCUT2D eigenvalue weighted by molar-refractivity contribution is 0.241. The number of hydrogen-bond donors (Lipinski definition) is 0. The molecule has 90 valence electrons. The van der Waals surface area contributed by atoms with E-state index >= 15 is 0 Å². The normalized spacial score (nSPS) is 11.6. The second kappa shape index (κ2) is 5.33. The smallest absolute Gasteiger partial charge is 0.123 e. The standard InChI is InChI=1S/C14H23NO/c1-9(2)13-7-12(16-11(5)6)8-14(15-13)10(3)4/h7-11H,1-6H3. The molecule has 0 radical (unpaired) electrons. The summed E-state index contributed by atoms with van der Waals surface area (Å²) in [6.45, 7) is 12.7. The SMILES string of the molecule is CC(C)Oc1cc(C(C)C)nc(C(C)C)c1. The molecule has 0 N–H and O–H groups in total. The average Bonchev–Trinajstić information content (AvgIpc) is 2.15. The van der Waals surface area contributed by atoms with E-state index in [2.05, 4.69) is 44.8 Å². The van der Waals surface area contributed by atoms with Crippen LogP contribution in [0.25, 0.3) is 0 Å². The highest BCUT2D eigenvalue weighted by Gasteiger charge is 2.10. The van der Waals surface area contributed by atoms with Crippen molar-refractivity contribution in [1.82, 2.24) is 4.98 Å². The van der Waals surface area contributed by atoms with Crippen LogP contribution in [0.4, 0.5) is 0 Å². The van der Waals surface area contributed by atoms with Crippen LogP contribution in [0.1, 0.15) is 64.8 Å². The first-order valence-electron chi connectivity index (χ1n) is 6.08. The van der Waals surface area contributed by atoms with Gasteiger partial charge in [0.25, 0.3) is 0 Å². The van der Waals surface area contributed by atoms with Crippen LogP contribution in [0.15, 0.2) is 12.1 Å². The highest BCUT2D eigenvalue weighted by molar-refractivity contribution is 5.30. The number of nitrogens with zero attached hydrogens (tertiary/aromatic N) is 1. The van der Waals surface area contributed by atoms with Crippen LogP contribution in [-0.4, -0.2) is 11.1 Å². The van der Waals surface area contributed by atoms with Crippen molar-refractivity contribution in [3.8, 4) is 5.75 Å². The molecule has 2 nitrogen and oxygen atoms in total. The molecule has 0 aliphatic carbocycles. The molecule has 0 saturated carbocycles. The molecule has 1 aromatic heterocycles. The molecule has 0 aromatic carbocycles. The molecule has 16 heavy (non-hydrogen) atoms. The van der Waals surface area contributed by atoms with E-state index in [0.29, 0.717) is 11.8 Å². The summed E-state index contributed by atoms with van der Waals surface area (Å²) in [5.74, 6) is 1.82. The zero-order chi connectivity index (χ0) is 12.3. The van der Waals surface area contributed by atoms with Crippen molar-refractivity contribution in [3.05, 3.63) is 23.5 Å². The van der Waals surface area contributed by atoms with Gasteiger partial charge < -0.3 is 4.74 Å². The van der Waals surface area contributed by atoms with E-state index in [0.717, 1.165) is 17.1 Å². The minimum atomic E-state index is 0.211. The first-order valence-corrected chi connectivity index (χ1v) is 6.08. The van der Waals surface area contributed by atoms with Crippen molar-refractivity contribution in [2.45, 2.75) is 59.5 Å². The van der Waals surface area contributed by atoms with Gasteiger partial charge in [-0.1, -0.05) is 27.7 Å². The van der Waals surface area contributed by atoms with E-state index in [1.807, 2.05) is 13.8 Å². The molecule has 0 unspecified atom stereocenters. The van der Waals surface area contributed by atoms with Gasteiger partial charge in [-0.25, -0.2) is 0 Å². The Balaban J connectivity index is 3.08. The largest absolute Gasteiger partial charge is 0.491 e. The summed E-state index contributed by atoms with van der Waals surface area (Å²) >= 11 is 0. The molecule has 1 heterocycles. The quantitative estimate of drug-likeness (QED) is 0.763. The maximum atomic E-state index is 5.76. The summed E-state index contributed by atoms with van der Waals surface area (Å²) in [5, 5.41) is 0. The molecule has 0 atom stereocenters. The third-order valence-corrected chi connectivity index (χ3v) is 2.39. The first kappa shape index (κ1) is 13.0. The summed E-state index contributed by atoms with van der Waals surface area (Å²) in [4.78, 5) is 4.66. The van der Waals surface area contributed by atoms with Crippen molar-refractivity contribution < 1.29 is 4.74 Å². The Morgan fingerprint density at radius 1 is 0.875 bits per heavy atom. The van der Waals surface area contributed by atoms with Crippen LogP contribution < -0.4 is 4.74 Å². The van der Waals surface area contributed by atoms with Crippen LogP contribution in [0, 0.1) is 0 Å². The van der Waals surface area contributed by atoms with Crippen molar-refractivity contribution in [2.24, 2.45) is 0 Å². The molecule has 1 rings (SSSR count). The lowest BCUT2D eigenvalue weighted by Crippen LogP contribution is -2.08. The molecule has 0 aliphatic heterocycles. The van der Waals surface area contributed by atoms with Gasteiger partial charge in [0, 0.05) is 23.5 Å². The third-order valence-electron chi connectivity index (χ3n) is 2.39. The van der Waals surface area contributed by atoms with Crippen molar-refractivity contribution in [3.63, 3.8) is 0 Å². The summed E-state index contributed by atoms with van der Waals surface area (Å²) < 4.78 is 5.76. The van der Waals surface area contributed by atoms with Crippen molar-refractivity contribution >= 4 is 0 Å². The predicted molar refractivity (Wildman–Crippen MR) is 68.2 cm³/mol. The van der Waals surface area contributed by atoms with Gasteiger partial charge in [0.05, 0.1) is 6.10 Å². The minimum absolute atomic E-state index is 0.211. The number of pyridine rings is 1. The fourth-order valence-corrected chi connectivity index (χ4v) is 1.48. The number of rotatable bonds is 4. The average molecular weight is 221 g/mol. The van der Waals surface area contributed by atoms with Crippen LogP contribution in [-0.2, 0) is 0 Å². The third kappa shape index (κ3) is 3.51. The van der Waals surface area contributed by atoms with Gasteiger partial charge in [0.1, 0.15) is 5.75 Å². The van der Waals surface area contributed by atoms with Gasteiger partial charge in [0.15, 0.2) is 0 Å². The molecule has 2 heteroatoms. The van der Waals surface area contributed by atoms with Crippen molar-refractivity contribution in [1.29, 1.82) is 0 Å². The summed E-state index contributed by atoms with van der Waals surface area (Å²) in [5.41, 5.74) is 2.23. The number of ether oxygens (including phenoxy) is 1. The predicted octanol–water partition coefficient (Wildman–Crippen LogP) is 4.12. The van der Waals surface area contributed by atoms with E-state index < -0.39 is 0 Å². The number of hydrogen-bond acceptors (Lipinski definition) is 2. The fraction of sp³-hybridized carbons (Fsp3) is 0.643. The Kier molecular flexibility index (Phi) is 4.34. The van der Waals surface area contributed by atoms with Crippen LogP contribution >= 0.6 is 0 Å². The Hall–Kier alpha value is -1.05. The van der Waals surface area contributed by atoms with Crippen molar-refractivity contribution in [2.75, 3.05) is 0 Å². The summed E-state index contributed by atoms with van der Waals surface area (Å²) in [7, 11) is 0. The lowest BCUT2D eigenvalue weighted by atomic mass is 10.1. The molecule has 0 saturated heterocycles. The Labute approximate surface area is 99.0 Å². The molecular formula is C14H23NO. The van der Waals surface area contributed by atoms with Gasteiger partial charge >= 0.3 is 0 Å². The van der Waals surface area contributed by atoms with Gasteiger partial charge in [0.2, 0.25) is 0 Å². The lowest BCUT2D eigenvalue weighted by Gasteiger charge is -2.15. The van der Waals surface area contributed by atoms with Gasteiger partial charge in [-0.05, 0) is 25.7 Å². The molecule has 0 bridgehead atoms. The number of aromatic nitrogens is 1. The summed E-state index contributed by atoms with van der Waals surface area (Å²) in [6, 6.07) is 4.10. The maximum Gasteiger partial charge on any atom is 0.123 e. The fourth-order valence-electron chi connectivity index (χ4n) is 1.48. The Bertz CT molecular complexity index is 316. The van der Waals surface area contributed by atoms with E-state index in [1.54, 1.807) is 0 Å². The van der Waals surface area contributed by atoms with Gasteiger partial charge in [-0.15, -0.1) is 0 Å². The molecule has 0 spiro atoms. The second-order valence-corrected chi connectivity index (χ2v) is 5.13. The molecular weight excluding hydrogens is 198 g/mol. The Morgan fingerprint density at radius 3 is 1.62 bits per heavy atom. The van der Waals surface area contributed by atoms with Gasteiger partial charge in [-0.2, -0.15) is 0 Å². The van der Waals surface area contributed by atoms with Crippen LogP contribution in [0.3, 0.4) is 0 Å². The monoisotopic (exact) mass is 221 g/mol. The van der Waals surface area contributed by atoms with E-state index in [9.17, 15) is 0 Å². The maximum absolute atomic E-state index is 5.76. The van der Waals surface area contributed by atoms with E-state index in [-0.39, 0.29) is 6.10 Å². The highest BCUT2D eigenvalue weighted by Crippen LogP contribution is 2.24. The molecule has 1 aromatic rings. The van der Waals surface area contributed by atoms with Crippen LogP contribution in [0.2, 0.25) is 0 Å². The van der Waals surface area contributed by atoms with E-state index in [1.165, 1.54) is 0 Å². The first-order chi connectivity index (χ1) is 7.40. The van der Waals surface area contributed by atoms with Gasteiger partial charge in [-0.3, -0.25) is 4.98 Å². The topological polar surface area (TPSA) is 22.1 Å².